The maximum absolute atomic E-state index is 12.5. The molecule has 0 amide bonds. The van der Waals surface area contributed by atoms with Crippen LogP contribution in [0.4, 0.5) is 0 Å². The molecule has 0 aliphatic heterocycles. The molecule has 0 spiro atoms. The minimum Gasteiger partial charge on any atom is -0.496 e. The second-order valence-corrected chi connectivity index (χ2v) is 8.37. The number of aryl methyl sites for hydroxylation is 1. The fourth-order valence-corrected chi connectivity index (χ4v) is 3.80. The molecule has 0 aliphatic rings. The average Bonchev–Trinajstić information content (AvgIpc) is 3.11. The molecule has 1 aromatic carbocycles. The zero-order valence-corrected chi connectivity index (χ0v) is 21.3. The molecule has 2 aromatic heterocycles. The Hall–Kier alpha value is -2.76. The number of tetrazole rings is 1. The first-order valence-electron chi connectivity index (χ1n) is 9.67. The number of methoxy groups -OCH3 is 1. The number of pyridine rings is 1. The standard InChI is InChI=1S/C20H20BrCl2N7O3/c1-5-18(26-25-11(2)15-8-12(22)9-17(23)24-15)33-10-13-16(32-4)7-6-14(21)19(13)30-20(31)29(3)27-28-30/h6-9H,5,10H2,1-4H3/b25-11+,26-18+. The fraction of sp³-hybridized carbons (Fsp3) is 0.300. The third-order valence-electron chi connectivity index (χ3n) is 4.47. The van der Waals surface area contributed by atoms with Gasteiger partial charge in [0.2, 0.25) is 5.90 Å². The van der Waals surface area contributed by atoms with Crippen molar-refractivity contribution >= 4 is 50.7 Å². The summed E-state index contributed by atoms with van der Waals surface area (Å²) in [5, 5.41) is 16.8. The molecule has 33 heavy (non-hydrogen) atoms. The molecule has 10 nitrogen and oxygen atoms in total. The van der Waals surface area contributed by atoms with E-state index >= 15 is 0 Å². The number of nitrogens with zero attached hydrogens (tertiary/aromatic N) is 7. The number of rotatable bonds is 7. The molecular formula is C20H20BrCl2N7O3. The Morgan fingerprint density at radius 3 is 2.58 bits per heavy atom. The summed E-state index contributed by atoms with van der Waals surface area (Å²) >= 11 is 15.5. The van der Waals surface area contributed by atoms with Gasteiger partial charge in [-0.3, -0.25) is 0 Å². The first kappa shape index (κ1) is 24.9. The minimum absolute atomic E-state index is 0.0451. The summed E-state index contributed by atoms with van der Waals surface area (Å²) in [4.78, 5) is 16.7. The Labute approximate surface area is 208 Å². The van der Waals surface area contributed by atoms with Crippen molar-refractivity contribution in [1.29, 1.82) is 0 Å². The Morgan fingerprint density at radius 1 is 1.21 bits per heavy atom. The summed E-state index contributed by atoms with van der Waals surface area (Å²) in [6.07, 6.45) is 0.469. The van der Waals surface area contributed by atoms with Crippen LogP contribution in [-0.2, 0) is 18.4 Å². The molecule has 0 saturated heterocycles. The normalized spacial score (nSPS) is 12.2. The van der Waals surface area contributed by atoms with Crippen LogP contribution in [0.2, 0.25) is 10.2 Å². The number of halogens is 3. The van der Waals surface area contributed by atoms with Gasteiger partial charge in [0.05, 0.1) is 29.8 Å². The van der Waals surface area contributed by atoms with Crippen LogP contribution in [0.1, 0.15) is 31.5 Å². The van der Waals surface area contributed by atoms with E-state index in [1.807, 2.05) is 6.92 Å². The molecule has 0 radical (unpaired) electrons. The molecule has 0 aliphatic carbocycles. The van der Waals surface area contributed by atoms with Crippen molar-refractivity contribution in [2.75, 3.05) is 7.11 Å². The SMILES string of the molecule is CC/C(=N\N=C(/C)c1cc(Cl)cc(Cl)n1)OCc1c(OC)ccc(Br)c1-n1nnn(C)c1=O. The van der Waals surface area contributed by atoms with Gasteiger partial charge < -0.3 is 9.47 Å². The first-order valence-corrected chi connectivity index (χ1v) is 11.2. The van der Waals surface area contributed by atoms with Gasteiger partial charge in [0, 0.05) is 23.0 Å². The highest BCUT2D eigenvalue weighted by Crippen LogP contribution is 2.32. The number of hydrogen-bond acceptors (Lipinski definition) is 8. The van der Waals surface area contributed by atoms with E-state index in [2.05, 4.69) is 41.5 Å². The Morgan fingerprint density at radius 2 is 1.97 bits per heavy atom. The number of hydrogen-bond donors (Lipinski definition) is 0. The maximum atomic E-state index is 12.5. The van der Waals surface area contributed by atoms with Crippen molar-refractivity contribution in [2.24, 2.45) is 17.3 Å². The average molecular weight is 557 g/mol. The largest absolute Gasteiger partial charge is 0.496 e. The highest BCUT2D eigenvalue weighted by atomic mass is 79.9. The molecule has 0 N–H and O–H groups in total. The van der Waals surface area contributed by atoms with Crippen molar-refractivity contribution in [2.45, 2.75) is 26.9 Å². The van der Waals surface area contributed by atoms with Crippen LogP contribution < -0.4 is 10.4 Å². The van der Waals surface area contributed by atoms with Crippen molar-refractivity contribution in [1.82, 2.24) is 24.8 Å². The van der Waals surface area contributed by atoms with Gasteiger partial charge in [0.15, 0.2) is 0 Å². The van der Waals surface area contributed by atoms with Gasteiger partial charge >= 0.3 is 5.69 Å². The molecule has 0 fully saturated rings. The molecule has 0 atom stereocenters. The molecular weight excluding hydrogens is 537 g/mol. The molecule has 0 unspecified atom stereocenters. The number of benzene rings is 1. The van der Waals surface area contributed by atoms with E-state index in [9.17, 15) is 4.79 Å². The predicted octanol–water partition coefficient (Wildman–Crippen LogP) is 4.19. The Kier molecular flexibility index (Phi) is 8.22. The highest BCUT2D eigenvalue weighted by molar-refractivity contribution is 9.10. The van der Waals surface area contributed by atoms with Crippen molar-refractivity contribution < 1.29 is 9.47 Å². The Bertz CT molecular complexity index is 1270. The van der Waals surface area contributed by atoms with E-state index in [0.29, 0.717) is 50.2 Å². The minimum atomic E-state index is -0.414. The third kappa shape index (κ3) is 5.79. The van der Waals surface area contributed by atoms with Crippen LogP contribution in [0.15, 0.2) is 43.7 Å². The lowest BCUT2D eigenvalue weighted by Gasteiger charge is -2.15. The molecule has 0 bridgehead atoms. The first-order chi connectivity index (χ1) is 15.7. The van der Waals surface area contributed by atoms with E-state index in [0.717, 1.165) is 4.68 Å². The molecule has 13 heteroatoms. The highest BCUT2D eigenvalue weighted by Gasteiger charge is 2.20. The van der Waals surface area contributed by atoms with Crippen molar-refractivity contribution in [3.8, 4) is 11.4 Å². The van der Waals surface area contributed by atoms with Gasteiger partial charge in [-0.15, -0.1) is 5.10 Å². The second kappa shape index (κ2) is 10.9. The van der Waals surface area contributed by atoms with E-state index < -0.39 is 5.69 Å². The summed E-state index contributed by atoms with van der Waals surface area (Å²) in [6, 6.07) is 6.69. The lowest BCUT2D eigenvalue weighted by atomic mass is 10.1. The van der Waals surface area contributed by atoms with Gasteiger partial charge in [0.1, 0.15) is 17.5 Å². The van der Waals surface area contributed by atoms with E-state index in [1.165, 1.54) is 24.9 Å². The zero-order valence-electron chi connectivity index (χ0n) is 18.2. The van der Waals surface area contributed by atoms with E-state index in [-0.39, 0.29) is 11.8 Å². The second-order valence-electron chi connectivity index (χ2n) is 6.69. The van der Waals surface area contributed by atoms with Crippen molar-refractivity contribution in [3.63, 3.8) is 0 Å². The number of aromatic nitrogens is 5. The fourth-order valence-electron chi connectivity index (χ4n) is 2.79. The quantitative estimate of drug-likeness (QED) is 0.187. The van der Waals surface area contributed by atoms with Crippen LogP contribution in [0.5, 0.6) is 5.75 Å². The molecule has 3 rings (SSSR count). The molecule has 174 valence electrons. The van der Waals surface area contributed by atoms with Gasteiger partial charge in [-0.05, 0) is 57.5 Å². The Balaban J connectivity index is 1.92. The third-order valence-corrected chi connectivity index (χ3v) is 5.52. The van der Waals surface area contributed by atoms with Crippen LogP contribution in [-0.4, -0.2) is 43.5 Å². The summed E-state index contributed by atoms with van der Waals surface area (Å²) in [5.41, 5.74) is 1.65. The number of ether oxygens (including phenoxy) is 2. The van der Waals surface area contributed by atoms with Gasteiger partial charge in [-0.25, -0.2) is 9.78 Å². The topological polar surface area (TPSA) is 109 Å². The summed E-state index contributed by atoms with van der Waals surface area (Å²) in [5.74, 6) is 0.876. The smallest absolute Gasteiger partial charge is 0.368 e. The van der Waals surface area contributed by atoms with Gasteiger partial charge in [-0.2, -0.15) is 14.5 Å². The van der Waals surface area contributed by atoms with E-state index in [4.69, 9.17) is 32.7 Å². The zero-order chi connectivity index (χ0) is 24.1. The molecule has 0 saturated carbocycles. The monoisotopic (exact) mass is 555 g/mol. The maximum Gasteiger partial charge on any atom is 0.368 e. The molecule has 3 aromatic rings. The summed E-state index contributed by atoms with van der Waals surface area (Å²) in [6.45, 7) is 3.66. The summed E-state index contributed by atoms with van der Waals surface area (Å²) in [7, 11) is 3.04. The van der Waals surface area contributed by atoms with Crippen molar-refractivity contribution in [3.05, 3.63) is 60.7 Å². The van der Waals surface area contributed by atoms with E-state index in [1.54, 1.807) is 25.1 Å². The molecule has 2 heterocycles. The van der Waals surface area contributed by atoms with Gasteiger partial charge in [-0.1, -0.05) is 30.1 Å². The van der Waals surface area contributed by atoms with Gasteiger partial charge in [0.25, 0.3) is 0 Å². The predicted molar refractivity (Wildman–Crippen MR) is 130 cm³/mol. The van der Waals surface area contributed by atoms with Crippen LogP contribution >= 0.6 is 39.1 Å². The van der Waals surface area contributed by atoms with Crippen LogP contribution in [0, 0.1) is 0 Å². The van der Waals surface area contributed by atoms with Crippen LogP contribution in [0.25, 0.3) is 5.69 Å². The lowest BCUT2D eigenvalue weighted by molar-refractivity contribution is 0.275. The van der Waals surface area contributed by atoms with Crippen LogP contribution in [0.3, 0.4) is 0 Å². The summed E-state index contributed by atoms with van der Waals surface area (Å²) < 4.78 is 14.3. The lowest BCUT2D eigenvalue weighted by Crippen LogP contribution is -2.23.